The second-order valence-corrected chi connectivity index (χ2v) is 8.67. The molecule has 0 saturated carbocycles. The van der Waals surface area contributed by atoms with Crippen LogP contribution in [-0.2, 0) is 14.3 Å². The quantitative estimate of drug-likeness (QED) is 0.391. The number of carbonyl (C=O) groups excluding carboxylic acids is 2. The summed E-state index contributed by atoms with van der Waals surface area (Å²) < 4.78 is 16.7. The molecule has 0 bridgehead atoms. The van der Waals surface area contributed by atoms with Gasteiger partial charge in [-0.25, -0.2) is 9.78 Å². The van der Waals surface area contributed by atoms with Gasteiger partial charge in [0.05, 0.1) is 24.3 Å². The number of para-hydroxylation sites is 1. The molecule has 1 N–H and O–H groups in total. The molecule has 4 aromatic rings. The van der Waals surface area contributed by atoms with Crippen LogP contribution in [0.3, 0.4) is 0 Å². The number of ether oxygens (including phenoxy) is 2. The van der Waals surface area contributed by atoms with Gasteiger partial charge in [0.1, 0.15) is 11.5 Å². The Morgan fingerprint density at radius 1 is 1.03 bits per heavy atom. The van der Waals surface area contributed by atoms with Gasteiger partial charge in [0.2, 0.25) is 0 Å². The summed E-state index contributed by atoms with van der Waals surface area (Å²) in [5, 5.41) is 3.46. The summed E-state index contributed by atoms with van der Waals surface area (Å²) in [5.41, 5.74) is 3.17. The van der Waals surface area contributed by atoms with Crippen molar-refractivity contribution < 1.29 is 23.5 Å². The van der Waals surface area contributed by atoms with E-state index in [1.54, 1.807) is 19.1 Å². The minimum atomic E-state index is -1.00. The molecule has 36 heavy (non-hydrogen) atoms. The Kier molecular flexibility index (Phi) is 6.69. The van der Waals surface area contributed by atoms with Crippen molar-refractivity contribution in [2.45, 2.75) is 20.0 Å². The first-order valence-corrected chi connectivity index (χ1v) is 11.9. The van der Waals surface area contributed by atoms with Crippen LogP contribution in [0, 0.1) is 6.92 Å². The number of benzene rings is 2. The number of rotatable bonds is 6. The lowest BCUT2D eigenvalue weighted by molar-refractivity contribution is -0.123. The molecule has 2 aromatic heterocycles. The zero-order valence-electron chi connectivity index (χ0n) is 20.2. The number of hydrogen-bond donors (Lipinski definition) is 1. The molecule has 0 aliphatic carbocycles. The summed E-state index contributed by atoms with van der Waals surface area (Å²) in [4.78, 5) is 32.8. The number of fused-ring (bicyclic) bond motifs is 1. The van der Waals surface area contributed by atoms with Gasteiger partial charge in [0, 0.05) is 29.9 Å². The molecule has 1 aliphatic heterocycles. The number of pyridine rings is 1. The first-order valence-electron chi connectivity index (χ1n) is 11.9. The van der Waals surface area contributed by atoms with Gasteiger partial charge < -0.3 is 24.1 Å². The molecule has 1 saturated heterocycles. The van der Waals surface area contributed by atoms with Crippen molar-refractivity contribution in [1.82, 2.24) is 4.98 Å². The maximum absolute atomic E-state index is 13.2. The van der Waals surface area contributed by atoms with E-state index in [9.17, 15) is 9.59 Å². The minimum absolute atomic E-state index is 0.319. The van der Waals surface area contributed by atoms with Gasteiger partial charge in [-0.3, -0.25) is 4.79 Å². The van der Waals surface area contributed by atoms with Crippen molar-refractivity contribution >= 4 is 34.2 Å². The lowest BCUT2D eigenvalue weighted by Crippen LogP contribution is -2.36. The Bertz CT molecular complexity index is 1390. The molecule has 2 aromatic carbocycles. The van der Waals surface area contributed by atoms with Crippen molar-refractivity contribution in [3.63, 3.8) is 0 Å². The van der Waals surface area contributed by atoms with E-state index in [-0.39, 0.29) is 0 Å². The highest BCUT2D eigenvalue weighted by Gasteiger charge is 2.22. The molecule has 1 aliphatic rings. The van der Waals surface area contributed by atoms with Crippen molar-refractivity contribution in [1.29, 1.82) is 0 Å². The molecular weight excluding hydrogens is 458 g/mol. The minimum Gasteiger partial charge on any atom is -0.460 e. The second kappa shape index (κ2) is 10.2. The SMILES string of the molecule is Cc1ccc(-c2cc(C(=O)OC(C)C(=O)Nc3ccc(N4CCOCC4)cc3)c3ccccc3n2)o1. The van der Waals surface area contributed by atoms with E-state index in [0.717, 1.165) is 24.5 Å². The molecule has 0 spiro atoms. The average Bonchev–Trinajstić information content (AvgIpc) is 3.35. The van der Waals surface area contributed by atoms with Crippen molar-refractivity contribution in [2.75, 3.05) is 36.5 Å². The van der Waals surface area contributed by atoms with Crippen LogP contribution in [0.25, 0.3) is 22.4 Å². The number of hydrogen-bond acceptors (Lipinski definition) is 7. The topological polar surface area (TPSA) is 93.9 Å². The molecule has 1 amide bonds. The van der Waals surface area contributed by atoms with Gasteiger partial charge in [-0.15, -0.1) is 0 Å². The highest BCUT2D eigenvalue weighted by molar-refractivity contribution is 6.05. The first-order chi connectivity index (χ1) is 17.5. The molecule has 3 heterocycles. The van der Waals surface area contributed by atoms with Crippen molar-refractivity contribution in [3.05, 3.63) is 78.1 Å². The van der Waals surface area contributed by atoms with Crippen molar-refractivity contribution in [3.8, 4) is 11.5 Å². The molecule has 184 valence electrons. The molecule has 5 rings (SSSR count). The van der Waals surface area contributed by atoms with Gasteiger partial charge in [-0.05, 0) is 62.4 Å². The molecule has 8 heteroatoms. The van der Waals surface area contributed by atoms with Crippen LogP contribution < -0.4 is 10.2 Å². The van der Waals surface area contributed by atoms with Gasteiger partial charge in [0.25, 0.3) is 5.91 Å². The fraction of sp³-hybridized carbons (Fsp3) is 0.250. The molecule has 0 radical (unpaired) electrons. The Balaban J connectivity index is 1.29. The molecule has 1 atom stereocenters. The van der Waals surface area contributed by atoms with Crippen LogP contribution in [0.2, 0.25) is 0 Å². The van der Waals surface area contributed by atoms with Gasteiger partial charge >= 0.3 is 5.97 Å². The fourth-order valence-electron chi connectivity index (χ4n) is 4.14. The van der Waals surface area contributed by atoms with E-state index in [1.807, 2.05) is 61.5 Å². The summed E-state index contributed by atoms with van der Waals surface area (Å²) in [6.07, 6.45) is -1.00. The summed E-state index contributed by atoms with van der Waals surface area (Å²) in [5.74, 6) is 0.275. The summed E-state index contributed by atoms with van der Waals surface area (Å²) in [6.45, 7) is 6.48. The number of nitrogens with zero attached hydrogens (tertiary/aromatic N) is 2. The number of esters is 1. The molecular formula is C28H27N3O5. The highest BCUT2D eigenvalue weighted by atomic mass is 16.5. The van der Waals surface area contributed by atoms with E-state index in [0.29, 0.717) is 46.8 Å². The van der Waals surface area contributed by atoms with E-state index < -0.39 is 18.0 Å². The Morgan fingerprint density at radius 2 is 1.78 bits per heavy atom. The average molecular weight is 486 g/mol. The third-order valence-electron chi connectivity index (χ3n) is 6.09. The van der Waals surface area contributed by atoms with E-state index >= 15 is 0 Å². The lowest BCUT2D eigenvalue weighted by atomic mass is 10.1. The Morgan fingerprint density at radius 3 is 2.50 bits per heavy atom. The van der Waals surface area contributed by atoms with Crippen LogP contribution in [0.4, 0.5) is 11.4 Å². The van der Waals surface area contributed by atoms with Gasteiger partial charge in [-0.2, -0.15) is 0 Å². The monoisotopic (exact) mass is 485 g/mol. The van der Waals surface area contributed by atoms with Crippen LogP contribution in [-0.4, -0.2) is 49.3 Å². The number of anilines is 2. The molecule has 1 fully saturated rings. The number of nitrogens with one attached hydrogen (secondary N) is 1. The van der Waals surface area contributed by atoms with Gasteiger partial charge in [-0.1, -0.05) is 18.2 Å². The van der Waals surface area contributed by atoms with E-state index in [1.165, 1.54) is 0 Å². The molecule has 8 nitrogen and oxygen atoms in total. The molecule has 1 unspecified atom stereocenters. The summed E-state index contributed by atoms with van der Waals surface area (Å²) >= 11 is 0. The van der Waals surface area contributed by atoms with Crippen LogP contribution in [0.15, 0.2) is 71.1 Å². The van der Waals surface area contributed by atoms with E-state index in [4.69, 9.17) is 13.9 Å². The maximum Gasteiger partial charge on any atom is 0.339 e. The number of furan rings is 1. The second-order valence-electron chi connectivity index (χ2n) is 8.67. The van der Waals surface area contributed by atoms with Crippen LogP contribution in [0.1, 0.15) is 23.0 Å². The summed E-state index contributed by atoms with van der Waals surface area (Å²) in [6, 6.07) is 20.2. The Hall–Kier alpha value is -4.17. The predicted molar refractivity (Wildman–Crippen MR) is 137 cm³/mol. The van der Waals surface area contributed by atoms with Gasteiger partial charge in [0.15, 0.2) is 11.9 Å². The fourth-order valence-corrected chi connectivity index (χ4v) is 4.14. The van der Waals surface area contributed by atoms with Crippen molar-refractivity contribution in [2.24, 2.45) is 0 Å². The zero-order valence-corrected chi connectivity index (χ0v) is 20.2. The maximum atomic E-state index is 13.2. The number of amides is 1. The standard InChI is InChI=1S/C28H27N3O5/c1-18-7-12-26(35-18)25-17-23(22-5-3-4-6-24(22)30-25)28(33)36-19(2)27(32)29-20-8-10-21(11-9-20)31-13-15-34-16-14-31/h3-12,17,19H,13-16H2,1-2H3,(H,29,32). The number of carbonyl (C=O) groups is 2. The lowest BCUT2D eigenvalue weighted by Gasteiger charge is -2.28. The number of aryl methyl sites for hydroxylation is 1. The third kappa shape index (κ3) is 5.08. The number of morpholine rings is 1. The first kappa shape index (κ1) is 23.6. The van der Waals surface area contributed by atoms with Crippen LogP contribution >= 0.6 is 0 Å². The van der Waals surface area contributed by atoms with E-state index in [2.05, 4.69) is 15.2 Å². The van der Waals surface area contributed by atoms with Crippen LogP contribution in [0.5, 0.6) is 0 Å². The zero-order chi connectivity index (χ0) is 25.1. The normalized spacial score (nSPS) is 14.4. The number of aromatic nitrogens is 1. The Labute approximate surface area is 208 Å². The third-order valence-corrected chi connectivity index (χ3v) is 6.09. The summed E-state index contributed by atoms with van der Waals surface area (Å²) in [7, 11) is 0. The largest absolute Gasteiger partial charge is 0.460 e. The highest BCUT2D eigenvalue weighted by Crippen LogP contribution is 2.27. The predicted octanol–water partition coefficient (Wildman–Crippen LogP) is 4.82. The smallest absolute Gasteiger partial charge is 0.339 e.